The summed E-state index contributed by atoms with van der Waals surface area (Å²) in [5, 5.41) is 22.8. The highest BCUT2D eigenvalue weighted by molar-refractivity contribution is 5.69. The van der Waals surface area contributed by atoms with Crippen LogP contribution < -0.4 is 10.6 Å². The van der Waals surface area contributed by atoms with Gasteiger partial charge < -0.3 is 10.2 Å². The molecule has 25 heavy (non-hydrogen) atoms. The maximum Gasteiger partial charge on any atom is 0.303 e. The molecule has 0 spiro atoms. The quantitative estimate of drug-likeness (QED) is 0.743. The number of benzene rings is 1. The number of aliphatic hydroxyl groups is 1. The van der Waals surface area contributed by atoms with E-state index in [1.807, 2.05) is 0 Å². The van der Waals surface area contributed by atoms with Crippen molar-refractivity contribution in [1.82, 2.24) is 14.6 Å². The fourth-order valence-corrected chi connectivity index (χ4v) is 2.67. The number of nitrogens with zero attached hydrogens (tertiary/aromatic N) is 3. The van der Waals surface area contributed by atoms with E-state index in [9.17, 15) is 19.1 Å². The summed E-state index contributed by atoms with van der Waals surface area (Å²) in [7, 11) is 0. The Kier molecular flexibility index (Phi) is 4.18. The summed E-state index contributed by atoms with van der Waals surface area (Å²) < 4.78 is 15.0. The number of carboxylic acids is 1. The lowest BCUT2D eigenvalue weighted by molar-refractivity contribution is -0.136. The average molecular weight is 343 g/mol. The first-order chi connectivity index (χ1) is 11.9. The third-order valence-electron chi connectivity index (χ3n) is 3.72. The summed E-state index contributed by atoms with van der Waals surface area (Å²) >= 11 is 0. The highest BCUT2D eigenvalue weighted by Gasteiger charge is 2.14. The average Bonchev–Trinajstić information content (AvgIpc) is 2.99. The van der Waals surface area contributed by atoms with Crippen molar-refractivity contribution in [3.63, 3.8) is 0 Å². The van der Waals surface area contributed by atoms with Crippen molar-refractivity contribution in [3.05, 3.63) is 57.4 Å². The Morgan fingerprint density at radius 1 is 1.20 bits per heavy atom. The number of aromatic nitrogens is 3. The van der Waals surface area contributed by atoms with Gasteiger partial charge in [0.05, 0.1) is 12.1 Å². The maximum atomic E-state index is 13.7. The molecule has 2 aromatic heterocycles. The minimum atomic E-state index is -1.09. The zero-order chi connectivity index (χ0) is 18.1. The van der Waals surface area contributed by atoms with E-state index >= 15 is 0 Å². The van der Waals surface area contributed by atoms with Crippen LogP contribution in [0.4, 0.5) is 4.39 Å². The lowest BCUT2D eigenvalue weighted by Crippen LogP contribution is -2.30. The molecule has 0 bridgehead atoms. The van der Waals surface area contributed by atoms with E-state index in [1.54, 1.807) is 13.0 Å². The number of carbonyl (C=O) groups is 1. The molecule has 0 atom stereocenters. The molecule has 2 heterocycles. The van der Waals surface area contributed by atoms with Gasteiger partial charge >= 0.3 is 5.97 Å². The lowest BCUT2D eigenvalue weighted by Gasteiger charge is -2.07. The van der Waals surface area contributed by atoms with Crippen LogP contribution in [0.5, 0.6) is 0 Å². The highest BCUT2D eigenvalue weighted by Crippen LogP contribution is 2.20. The summed E-state index contributed by atoms with van der Waals surface area (Å²) in [5.41, 5.74) is 1.000. The highest BCUT2D eigenvalue weighted by atomic mass is 19.1. The zero-order valence-electron chi connectivity index (χ0n) is 13.2. The van der Waals surface area contributed by atoms with Crippen LogP contribution in [0.15, 0.2) is 35.4 Å². The molecule has 0 aliphatic carbocycles. The van der Waals surface area contributed by atoms with Crippen LogP contribution in [0.3, 0.4) is 0 Å². The summed E-state index contributed by atoms with van der Waals surface area (Å²) in [6.07, 6.45) is 0.681. The van der Waals surface area contributed by atoms with Gasteiger partial charge in [-0.05, 0) is 30.7 Å². The number of aryl methyl sites for hydroxylation is 1. The van der Waals surface area contributed by atoms with E-state index in [0.29, 0.717) is 16.8 Å². The van der Waals surface area contributed by atoms with Crippen LogP contribution in [0, 0.1) is 12.7 Å². The number of hydrogen-bond donors (Lipinski definition) is 2. The van der Waals surface area contributed by atoms with Gasteiger partial charge in [-0.15, -0.1) is 0 Å². The number of aliphatic carboxylic acids is 1. The van der Waals surface area contributed by atoms with E-state index in [-0.39, 0.29) is 29.5 Å². The van der Waals surface area contributed by atoms with Crippen molar-refractivity contribution in [2.24, 2.45) is 0 Å². The Hall–Kier alpha value is -3.29. The first-order valence-corrected chi connectivity index (χ1v) is 7.45. The smallest absolute Gasteiger partial charge is 0.303 e. The van der Waals surface area contributed by atoms with Crippen molar-refractivity contribution in [2.75, 3.05) is 0 Å². The topological polar surface area (TPSA) is 105 Å². The normalized spacial score (nSPS) is 12.4. The van der Waals surface area contributed by atoms with Gasteiger partial charge in [0.15, 0.2) is 11.1 Å². The van der Waals surface area contributed by atoms with Gasteiger partial charge in [0.25, 0.3) is 0 Å². The van der Waals surface area contributed by atoms with Crippen LogP contribution in [0.2, 0.25) is 0 Å². The fraction of sp³-hybridized carbons (Fsp3) is 0.176. The van der Waals surface area contributed by atoms with Crippen LogP contribution in [0.1, 0.15) is 18.4 Å². The summed E-state index contributed by atoms with van der Waals surface area (Å²) in [4.78, 5) is 27.1. The lowest BCUT2D eigenvalue weighted by atomic mass is 10.1. The molecule has 128 valence electrons. The molecule has 3 rings (SSSR count). The largest absolute Gasteiger partial charge is 0.511 e. The zero-order valence-corrected chi connectivity index (χ0v) is 13.2. The second kappa shape index (κ2) is 6.31. The Bertz CT molecular complexity index is 1070. The predicted octanol–water partition coefficient (Wildman–Crippen LogP) is 1.45. The van der Waals surface area contributed by atoms with Crippen molar-refractivity contribution in [1.29, 1.82) is 0 Å². The summed E-state index contributed by atoms with van der Waals surface area (Å²) in [6.45, 7) is 1.73. The van der Waals surface area contributed by atoms with Crippen molar-refractivity contribution in [3.8, 4) is 11.3 Å². The monoisotopic (exact) mass is 343 g/mol. The van der Waals surface area contributed by atoms with Gasteiger partial charge in [0, 0.05) is 18.1 Å². The molecule has 0 aliphatic heterocycles. The molecule has 8 heteroatoms. The molecule has 0 saturated heterocycles. The van der Waals surface area contributed by atoms with E-state index in [1.165, 1.54) is 29.0 Å². The Morgan fingerprint density at radius 3 is 2.64 bits per heavy atom. The molecular formula is C17H14FN3O4. The molecule has 0 amide bonds. The van der Waals surface area contributed by atoms with Crippen molar-refractivity contribution in [2.45, 2.75) is 19.8 Å². The molecule has 1 aromatic carbocycles. The van der Waals surface area contributed by atoms with Crippen LogP contribution in [-0.4, -0.2) is 30.8 Å². The van der Waals surface area contributed by atoms with Gasteiger partial charge in [0.1, 0.15) is 23.1 Å². The molecule has 3 aromatic rings. The number of aliphatic hydroxyl groups excluding tert-OH is 1. The van der Waals surface area contributed by atoms with Crippen LogP contribution in [0.25, 0.3) is 22.7 Å². The number of halogens is 1. The SMILES string of the molecule is Cc1cc(F)cc(-c2cc(=O)c(=C(O)CCC(=O)O)c3ncnn23)c1. The number of pyridine rings is 1. The number of rotatable bonds is 4. The van der Waals surface area contributed by atoms with Gasteiger partial charge in [-0.1, -0.05) is 0 Å². The second-order valence-corrected chi connectivity index (χ2v) is 5.62. The molecule has 2 N–H and O–H groups in total. The number of carboxylic acid groups (broad SMARTS) is 1. The van der Waals surface area contributed by atoms with E-state index in [4.69, 9.17) is 5.11 Å². The molecule has 0 fully saturated rings. The third-order valence-corrected chi connectivity index (χ3v) is 3.72. The Morgan fingerprint density at radius 2 is 1.96 bits per heavy atom. The first-order valence-electron chi connectivity index (χ1n) is 7.45. The third kappa shape index (κ3) is 3.18. The summed E-state index contributed by atoms with van der Waals surface area (Å²) in [5.74, 6) is -1.91. The van der Waals surface area contributed by atoms with Gasteiger partial charge in [-0.2, -0.15) is 5.10 Å². The maximum absolute atomic E-state index is 13.7. The first kappa shape index (κ1) is 16.6. The Labute approximate surface area is 140 Å². The minimum absolute atomic E-state index is 0.0901. The van der Waals surface area contributed by atoms with Crippen LogP contribution >= 0.6 is 0 Å². The van der Waals surface area contributed by atoms with Gasteiger partial charge in [-0.3, -0.25) is 9.59 Å². The standard InChI is InChI=1S/C17H14FN3O4/c1-9-4-10(6-11(18)5-9)12-7-14(23)16(13(22)2-3-15(24)25)17-19-8-20-21(12)17/h4-8,22H,2-3H2,1H3,(H,24,25). The molecule has 0 saturated carbocycles. The van der Waals surface area contributed by atoms with E-state index < -0.39 is 17.2 Å². The van der Waals surface area contributed by atoms with Gasteiger partial charge in [-0.25, -0.2) is 13.9 Å². The van der Waals surface area contributed by atoms with E-state index in [2.05, 4.69) is 10.1 Å². The number of hydrogen-bond acceptors (Lipinski definition) is 5. The molecule has 0 aliphatic rings. The second-order valence-electron chi connectivity index (χ2n) is 5.62. The summed E-state index contributed by atoms with van der Waals surface area (Å²) in [6, 6.07) is 5.56. The van der Waals surface area contributed by atoms with Crippen molar-refractivity contribution < 1.29 is 19.4 Å². The van der Waals surface area contributed by atoms with Crippen LogP contribution in [-0.2, 0) is 4.79 Å². The fourth-order valence-electron chi connectivity index (χ4n) is 2.67. The van der Waals surface area contributed by atoms with Crippen molar-refractivity contribution >= 4 is 17.4 Å². The molecular weight excluding hydrogens is 329 g/mol. The predicted molar refractivity (Wildman–Crippen MR) is 87.5 cm³/mol. The molecule has 7 nitrogen and oxygen atoms in total. The van der Waals surface area contributed by atoms with Gasteiger partial charge in [0.2, 0.25) is 0 Å². The minimum Gasteiger partial charge on any atom is -0.511 e. The molecule has 0 unspecified atom stereocenters. The Balaban J connectivity index is 2.28. The van der Waals surface area contributed by atoms with E-state index in [0.717, 1.165) is 0 Å². The number of fused-ring (bicyclic) bond motifs is 1. The molecule has 0 radical (unpaired) electrons.